The molecule has 3 nitrogen and oxygen atoms in total. The fourth-order valence-corrected chi connectivity index (χ4v) is 2.24. The molecule has 1 fully saturated rings. The van der Waals surface area contributed by atoms with Gasteiger partial charge in [-0.3, -0.25) is 0 Å². The van der Waals surface area contributed by atoms with Crippen LogP contribution in [0.15, 0.2) is 30.3 Å². The van der Waals surface area contributed by atoms with Crippen LogP contribution in [0.25, 0.3) is 10.9 Å². The number of hydrogen-bond acceptors (Lipinski definition) is 3. The molecular weight excluding hydrogens is 222 g/mol. The monoisotopic (exact) mass is 237 g/mol. The Labute approximate surface area is 106 Å². The molecule has 1 aliphatic carbocycles. The fourth-order valence-electron chi connectivity index (χ4n) is 2.24. The molecule has 0 spiro atoms. The van der Waals surface area contributed by atoms with Crippen LogP contribution in [-0.2, 0) is 0 Å². The maximum Gasteiger partial charge on any atom is 0.144 e. The Morgan fingerprint density at radius 3 is 2.89 bits per heavy atom. The molecule has 1 aromatic heterocycles. The van der Waals surface area contributed by atoms with Crippen LogP contribution < -0.4 is 5.32 Å². The molecule has 0 saturated heterocycles. The van der Waals surface area contributed by atoms with Crippen molar-refractivity contribution in [3.63, 3.8) is 0 Å². The molecular formula is C15H15N3. The van der Waals surface area contributed by atoms with Crippen LogP contribution in [0.1, 0.15) is 25.3 Å². The molecule has 90 valence electrons. The first-order valence-electron chi connectivity index (χ1n) is 6.34. The van der Waals surface area contributed by atoms with E-state index in [-0.39, 0.29) is 0 Å². The molecule has 0 amide bonds. The SMILES string of the molecule is CC(Nc1nc2ccccc2cc1C#N)C1CC1. The topological polar surface area (TPSA) is 48.7 Å². The first-order valence-corrected chi connectivity index (χ1v) is 6.34. The van der Waals surface area contributed by atoms with Crippen molar-refractivity contribution < 1.29 is 0 Å². The molecule has 1 aliphatic rings. The van der Waals surface area contributed by atoms with E-state index in [9.17, 15) is 5.26 Å². The van der Waals surface area contributed by atoms with Gasteiger partial charge in [0, 0.05) is 11.4 Å². The molecule has 18 heavy (non-hydrogen) atoms. The van der Waals surface area contributed by atoms with Crippen LogP contribution in [0.5, 0.6) is 0 Å². The molecule has 1 atom stereocenters. The second-order valence-corrected chi connectivity index (χ2v) is 4.96. The van der Waals surface area contributed by atoms with Gasteiger partial charge < -0.3 is 5.32 Å². The minimum atomic E-state index is 0.394. The molecule has 1 saturated carbocycles. The number of nitrogens with one attached hydrogen (secondary N) is 1. The Morgan fingerprint density at radius 1 is 1.39 bits per heavy atom. The first kappa shape index (κ1) is 11.0. The van der Waals surface area contributed by atoms with E-state index in [1.165, 1.54) is 12.8 Å². The molecule has 0 radical (unpaired) electrons. The number of hydrogen-bond donors (Lipinski definition) is 1. The average Bonchev–Trinajstić information content (AvgIpc) is 3.22. The quantitative estimate of drug-likeness (QED) is 0.890. The Kier molecular flexibility index (Phi) is 2.64. The lowest BCUT2D eigenvalue weighted by Gasteiger charge is -2.15. The molecule has 3 heteroatoms. The van der Waals surface area contributed by atoms with Crippen LogP contribution >= 0.6 is 0 Å². The van der Waals surface area contributed by atoms with Gasteiger partial charge in [0.05, 0.1) is 11.1 Å². The third-order valence-electron chi connectivity index (χ3n) is 3.54. The van der Waals surface area contributed by atoms with Crippen molar-refractivity contribution in [1.29, 1.82) is 5.26 Å². The number of para-hydroxylation sites is 1. The van der Waals surface area contributed by atoms with Crippen LogP contribution in [0.4, 0.5) is 5.82 Å². The number of nitrogens with zero attached hydrogens (tertiary/aromatic N) is 2. The molecule has 0 bridgehead atoms. The number of nitriles is 1. The van der Waals surface area contributed by atoms with Gasteiger partial charge in [-0.1, -0.05) is 18.2 Å². The highest BCUT2D eigenvalue weighted by molar-refractivity contribution is 5.82. The maximum atomic E-state index is 9.22. The van der Waals surface area contributed by atoms with Crippen molar-refractivity contribution in [3.05, 3.63) is 35.9 Å². The molecule has 1 unspecified atom stereocenters. The summed E-state index contributed by atoms with van der Waals surface area (Å²) in [5.41, 5.74) is 1.56. The van der Waals surface area contributed by atoms with Crippen LogP contribution in [-0.4, -0.2) is 11.0 Å². The Morgan fingerprint density at radius 2 is 2.17 bits per heavy atom. The van der Waals surface area contributed by atoms with E-state index in [0.29, 0.717) is 11.6 Å². The lowest BCUT2D eigenvalue weighted by Crippen LogP contribution is -2.19. The number of fused-ring (bicyclic) bond motifs is 1. The standard InChI is InChI=1S/C15H15N3/c1-10(11-6-7-11)17-15-13(9-16)8-12-4-2-3-5-14(12)18-15/h2-5,8,10-11H,6-7H2,1H3,(H,17,18). The van der Waals surface area contributed by atoms with Crippen molar-refractivity contribution in [1.82, 2.24) is 4.98 Å². The van der Waals surface area contributed by atoms with Crippen LogP contribution in [0.3, 0.4) is 0 Å². The first-order chi connectivity index (χ1) is 8.78. The van der Waals surface area contributed by atoms with Gasteiger partial charge in [-0.05, 0) is 37.8 Å². The molecule has 3 rings (SSSR count). The van der Waals surface area contributed by atoms with E-state index in [0.717, 1.165) is 22.6 Å². The largest absolute Gasteiger partial charge is 0.366 e. The normalized spacial score (nSPS) is 16.2. The van der Waals surface area contributed by atoms with Gasteiger partial charge >= 0.3 is 0 Å². The lowest BCUT2D eigenvalue weighted by molar-refractivity contribution is 0.691. The Balaban J connectivity index is 2.00. The van der Waals surface area contributed by atoms with Crippen molar-refractivity contribution in [3.8, 4) is 6.07 Å². The smallest absolute Gasteiger partial charge is 0.144 e. The maximum absolute atomic E-state index is 9.22. The Hall–Kier alpha value is -2.08. The summed E-state index contributed by atoms with van der Waals surface area (Å²) in [6.45, 7) is 2.16. The number of pyridine rings is 1. The number of rotatable bonds is 3. The third kappa shape index (κ3) is 2.02. The van der Waals surface area contributed by atoms with E-state index in [2.05, 4.69) is 23.3 Å². The summed E-state index contributed by atoms with van der Waals surface area (Å²) in [5.74, 6) is 1.46. The predicted octanol–water partition coefficient (Wildman–Crippen LogP) is 3.32. The molecule has 2 aromatic rings. The van der Waals surface area contributed by atoms with Crippen molar-refractivity contribution in [2.75, 3.05) is 5.32 Å². The van der Waals surface area contributed by atoms with Gasteiger partial charge in [0.25, 0.3) is 0 Å². The highest BCUT2D eigenvalue weighted by Gasteiger charge is 2.28. The second-order valence-electron chi connectivity index (χ2n) is 4.96. The van der Waals surface area contributed by atoms with Crippen molar-refractivity contribution >= 4 is 16.7 Å². The van der Waals surface area contributed by atoms with Gasteiger partial charge in [-0.2, -0.15) is 5.26 Å². The van der Waals surface area contributed by atoms with Crippen LogP contribution in [0, 0.1) is 17.2 Å². The number of aromatic nitrogens is 1. The van der Waals surface area contributed by atoms with E-state index >= 15 is 0 Å². The van der Waals surface area contributed by atoms with Gasteiger partial charge in [-0.15, -0.1) is 0 Å². The summed E-state index contributed by atoms with van der Waals surface area (Å²) < 4.78 is 0. The number of anilines is 1. The van der Waals surface area contributed by atoms with Gasteiger partial charge in [0.15, 0.2) is 0 Å². The summed E-state index contributed by atoms with van der Waals surface area (Å²) in [6.07, 6.45) is 2.56. The van der Waals surface area contributed by atoms with Crippen molar-refractivity contribution in [2.45, 2.75) is 25.8 Å². The summed E-state index contributed by atoms with van der Waals surface area (Å²) in [7, 11) is 0. The summed E-state index contributed by atoms with van der Waals surface area (Å²) in [4.78, 5) is 4.56. The fraction of sp³-hybridized carbons (Fsp3) is 0.333. The van der Waals surface area contributed by atoms with E-state index < -0.39 is 0 Å². The van der Waals surface area contributed by atoms with E-state index in [4.69, 9.17) is 0 Å². The van der Waals surface area contributed by atoms with Crippen LogP contribution in [0.2, 0.25) is 0 Å². The molecule has 1 heterocycles. The molecule has 1 N–H and O–H groups in total. The summed E-state index contributed by atoms with van der Waals surface area (Å²) in [5, 5.41) is 13.6. The zero-order valence-corrected chi connectivity index (χ0v) is 10.4. The van der Waals surface area contributed by atoms with Gasteiger partial charge in [0.1, 0.15) is 11.9 Å². The average molecular weight is 237 g/mol. The highest BCUT2D eigenvalue weighted by atomic mass is 15.0. The predicted molar refractivity (Wildman–Crippen MR) is 72.3 cm³/mol. The molecule has 0 aliphatic heterocycles. The Bertz CT molecular complexity index is 623. The highest BCUT2D eigenvalue weighted by Crippen LogP contribution is 2.34. The zero-order valence-electron chi connectivity index (χ0n) is 10.4. The lowest BCUT2D eigenvalue weighted by atomic mass is 10.1. The minimum Gasteiger partial charge on any atom is -0.366 e. The van der Waals surface area contributed by atoms with E-state index in [1.807, 2.05) is 30.3 Å². The van der Waals surface area contributed by atoms with Gasteiger partial charge in [-0.25, -0.2) is 4.98 Å². The zero-order chi connectivity index (χ0) is 12.5. The minimum absolute atomic E-state index is 0.394. The summed E-state index contributed by atoms with van der Waals surface area (Å²) >= 11 is 0. The molecule has 1 aromatic carbocycles. The third-order valence-corrected chi connectivity index (χ3v) is 3.54. The summed E-state index contributed by atoms with van der Waals surface area (Å²) in [6, 6.07) is 12.4. The van der Waals surface area contributed by atoms with Gasteiger partial charge in [0.2, 0.25) is 0 Å². The second kappa shape index (κ2) is 4.30. The van der Waals surface area contributed by atoms with Crippen molar-refractivity contribution in [2.24, 2.45) is 5.92 Å². The number of benzene rings is 1. The van der Waals surface area contributed by atoms with E-state index in [1.54, 1.807) is 0 Å².